The van der Waals surface area contributed by atoms with Gasteiger partial charge in [-0.05, 0) is 62.4 Å². The van der Waals surface area contributed by atoms with E-state index < -0.39 is 0 Å². The van der Waals surface area contributed by atoms with Crippen molar-refractivity contribution in [3.05, 3.63) is 54.1 Å². The van der Waals surface area contributed by atoms with Gasteiger partial charge in [-0.15, -0.1) is 11.8 Å². The zero-order chi connectivity index (χ0) is 16.7. The maximum absolute atomic E-state index is 12.0. The highest BCUT2D eigenvalue weighted by molar-refractivity contribution is 8.00. The van der Waals surface area contributed by atoms with Crippen LogP contribution in [-0.2, 0) is 4.79 Å². The number of hydrogen-bond acceptors (Lipinski definition) is 4. The first-order valence-corrected chi connectivity index (χ1v) is 8.33. The van der Waals surface area contributed by atoms with Gasteiger partial charge in [-0.3, -0.25) is 9.59 Å². The molecule has 0 atom stereocenters. The van der Waals surface area contributed by atoms with Gasteiger partial charge in [0.1, 0.15) is 5.75 Å². The van der Waals surface area contributed by atoms with E-state index in [1.165, 1.54) is 18.7 Å². The molecule has 0 heterocycles. The van der Waals surface area contributed by atoms with Crippen LogP contribution < -0.4 is 10.1 Å². The SMILES string of the molecule is CCOc1ccc(SCC(=O)Nc2ccc(C(C)=O)cc2)cc1. The molecule has 2 aromatic rings. The van der Waals surface area contributed by atoms with Crippen LogP contribution in [0.2, 0.25) is 0 Å². The first-order valence-electron chi connectivity index (χ1n) is 7.35. The van der Waals surface area contributed by atoms with Crippen LogP contribution in [0.25, 0.3) is 0 Å². The molecule has 0 saturated heterocycles. The van der Waals surface area contributed by atoms with Crippen molar-refractivity contribution < 1.29 is 14.3 Å². The monoisotopic (exact) mass is 329 g/mol. The second kappa shape index (κ2) is 8.39. The van der Waals surface area contributed by atoms with Crippen LogP contribution in [0.1, 0.15) is 24.2 Å². The average Bonchev–Trinajstić information content (AvgIpc) is 2.55. The van der Waals surface area contributed by atoms with Crippen LogP contribution in [0.15, 0.2) is 53.4 Å². The van der Waals surface area contributed by atoms with E-state index in [0.717, 1.165) is 10.6 Å². The minimum absolute atomic E-state index is 0.00827. The number of thioether (sulfide) groups is 1. The molecule has 0 fully saturated rings. The number of ether oxygens (including phenoxy) is 1. The summed E-state index contributed by atoms with van der Waals surface area (Å²) >= 11 is 1.46. The number of rotatable bonds is 7. The Balaban J connectivity index is 1.83. The summed E-state index contributed by atoms with van der Waals surface area (Å²) in [4.78, 5) is 24.2. The Morgan fingerprint density at radius 2 is 1.70 bits per heavy atom. The molecule has 0 aromatic heterocycles. The summed E-state index contributed by atoms with van der Waals surface area (Å²) < 4.78 is 5.38. The van der Waals surface area contributed by atoms with Gasteiger partial charge in [0.05, 0.1) is 12.4 Å². The Kier molecular flexibility index (Phi) is 6.23. The fourth-order valence-electron chi connectivity index (χ4n) is 1.93. The molecule has 0 aliphatic rings. The van der Waals surface area contributed by atoms with Gasteiger partial charge in [0, 0.05) is 16.1 Å². The molecule has 23 heavy (non-hydrogen) atoms. The van der Waals surface area contributed by atoms with Crippen molar-refractivity contribution in [1.82, 2.24) is 0 Å². The van der Waals surface area contributed by atoms with Gasteiger partial charge in [0.15, 0.2) is 5.78 Å². The summed E-state index contributed by atoms with van der Waals surface area (Å²) in [6.07, 6.45) is 0. The number of anilines is 1. The molecule has 0 spiro atoms. The molecule has 0 aliphatic heterocycles. The largest absolute Gasteiger partial charge is 0.494 e. The Morgan fingerprint density at radius 1 is 1.04 bits per heavy atom. The van der Waals surface area contributed by atoms with Crippen molar-refractivity contribution in [3.63, 3.8) is 0 Å². The van der Waals surface area contributed by atoms with Gasteiger partial charge in [0.2, 0.25) is 5.91 Å². The molecule has 4 nitrogen and oxygen atoms in total. The topological polar surface area (TPSA) is 55.4 Å². The molecular formula is C18H19NO3S. The Bertz CT molecular complexity index is 666. The Labute approximate surface area is 140 Å². The van der Waals surface area contributed by atoms with E-state index in [1.54, 1.807) is 24.3 Å². The third-order valence-corrected chi connectivity index (χ3v) is 4.09. The lowest BCUT2D eigenvalue weighted by atomic mass is 10.1. The normalized spacial score (nSPS) is 10.2. The summed E-state index contributed by atoms with van der Waals surface area (Å²) in [5, 5.41) is 2.81. The number of nitrogens with one attached hydrogen (secondary N) is 1. The summed E-state index contributed by atoms with van der Waals surface area (Å²) in [6.45, 7) is 4.09. The summed E-state index contributed by atoms with van der Waals surface area (Å²) in [6, 6.07) is 14.5. The van der Waals surface area contributed by atoms with Crippen molar-refractivity contribution in [1.29, 1.82) is 0 Å². The summed E-state index contributed by atoms with van der Waals surface area (Å²) in [7, 11) is 0. The van der Waals surface area contributed by atoms with Crippen molar-refractivity contribution in [2.45, 2.75) is 18.7 Å². The van der Waals surface area contributed by atoms with Crippen molar-refractivity contribution in [2.75, 3.05) is 17.7 Å². The predicted octanol–water partition coefficient (Wildman–Crippen LogP) is 4.02. The number of carbonyl (C=O) groups excluding carboxylic acids is 2. The number of ketones is 1. The highest BCUT2D eigenvalue weighted by Crippen LogP contribution is 2.21. The first-order chi connectivity index (χ1) is 11.1. The molecule has 5 heteroatoms. The van der Waals surface area contributed by atoms with Crippen LogP contribution in [0, 0.1) is 0 Å². The van der Waals surface area contributed by atoms with Gasteiger partial charge in [0.25, 0.3) is 0 Å². The molecule has 0 radical (unpaired) electrons. The highest BCUT2D eigenvalue weighted by Gasteiger charge is 2.05. The van der Waals surface area contributed by atoms with Crippen molar-refractivity contribution in [2.24, 2.45) is 0 Å². The lowest BCUT2D eigenvalue weighted by molar-refractivity contribution is -0.113. The lowest BCUT2D eigenvalue weighted by Gasteiger charge is -2.07. The van der Waals surface area contributed by atoms with E-state index in [9.17, 15) is 9.59 Å². The molecule has 120 valence electrons. The fourth-order valence-corrected chi connectivity index (χ4v) is 2.63. The van der Waals surface area contributed by atoms with Crippen molar-refractivity contribution in [3.8, 4) is 5.75 Å². The minimum atomic E-state index is -0.0838. The molecule has 0 bridgehead atoms. The van der Waals surface area contributed by atoms with Gasteiger partial charge in [-0.25, -0.2) is 0 Å². The van der Waals surface area contributed by atoms with Gasteiger partial charge in [-0.1, -0.05) is 0 Å². The van der Waals surface area contributed by atoms with Crippen LogP contribution in [0.4, 0.5) is 5.69 Å². The van der Waals surface area contributed by atoms with E-state index in [4.69, 9.17) is 4.74 Å². The second-order valence-electron chi connectivity index (χ2n) is 4.87. The summed E-state index contributed by atoms with van der Waals surface area (Å²) in [5.41, 5.74) is 1.32. The zero-order valence-electron chi connectivity index (χ0n) is 13.2. The molecular weight excluding hydrogens is 310 g/mol. The number of benzene rings is 2. The minimum Gasteiger partial charge on any atom is -0.494 e. The number of Topliss-reactive ketones (excluding diaryl/α,β-unsaturated/α-hetero) is 1. The number of amides is 1. The van der Waals surface area contributed by atoms with Crippen LogP contribution in [0.5, 0.6) is 5.75 Å². The number of hydrogen-bond donors (Lipinski definition) is 1. The summed E-state index contributed by atoms with van der Waals surface area (Å²) in [5.74, 6) is 1.07. The molecule has 1 N–H and O–H groups in total. The van der Waals surface area contributed by atoms with E-state index in [2.05, 4.69) is 5.32 Å². The van der Waals surface area contributed by atoms with Crippen LogP contribution in [-0.4, -0.2) is 24.1 Å². The van der Waals surface area contributed by atoms with E-state index in [0.29, 0.717) is 23.6 Å². The molecule has 0 aliphatic carbocycles. The van der Waals surface area contributed by atoms with Crippen LogP contribution in [0.3, 0.4) is 0 Å². The molecule has 2 aromatic carbocycles. The van der Waals surface area contributed by atoms with Gasteiger partial charge >= 0.3 is 0 Å². The Morgan fingerprint density at radius 3 is 2.26 bits per heavy atom. The predicted molar refractivity (Wildman–Crippen MR) is 93.4 cm³/mol. The Hall–Kier alpha value is -2.27. The smallest absolute Gasteiger partial charge is 0.234 e. The lowest BCUT2D eigenvalue weighted by Crippen LogP contribution is -2.14. The standard InChI is InChI=1S/C18H19NO3S/c1-3-22-16-8-10-17(11-9-16)23-12-18(21)19-15-6-4-14(5-7-15)13(2)20/h4-11H,3,12H2,1-2H3,(H,19,21). The van der Waals surface area contributed by atoms with E-state index in [-0.39, 0.29) is 11.7 Å². The molecule has 0 unspecified atom stereocenters. The maximum atomic E-state index is 12.0. The molecule has 2 rings (SSSR count). The number of carbonyl (C=O) groups is 2. The average molecular weight is 329 g/mol. The van der Waals surface area contributed by atoms with E-state index >= 15 is 0 Å². The third-order valence-electron chi connectivity index (χ3n) is 3.08. The van der Waals surface area contributed by atoms with Crippen LogP contribution >= 0.6 is 11.8 Å². The van der Waals surface area contributed by atoms with Gasteiger partial charge in [-0.2, -0.15) is 0 Å². The van der Waals surface area contributed by atoms with Gasteiger partial charge < -0.3 is 10.1 Å². The molecule has 0 saturated carbocycles. The fraction of sp³-hybridized carbons (Fsp3) is 0.222. The van der Waals surface area contributed by atoms with Crippen molar-refractivity contribution >= 4 is 29.1 Å². The van der Waals surface area contributed by atoms with E-state index in [1.807, 2.05) is 31.2 Å². The quantitative estimate of drug-likeness (QED) is 0.616. The maximum Gasteiger partial charge on any atom is 0.234 e. The second-order valence-corrected chi connectivity index (χ2v) is 5.92. The highest BCUT2D eigenvalue weighted by atomic mass is 32.2. The molecule has 1 amide bonds. The zero-order valence-corrected chi connectivity index (χ0v) is 14.0. The first kappa shape index (κ1) is 17.1. The third kappa shape index (κ3) is 5.45.